The molecule has 0 bridgehead atoms. The van der Waals surface area contributed by atoms with Gasteiger partial charge in [0.15, 0.2) is 0 Å². The lowest BCUT2D eigenvalue weighted by Gasteiger charge is -2.01. The first-order valence-corrected chi connectivity index (χ1v) is 7.13. The molecule has 21 heavy (non-hydrogen) atoms. The van der Waals surface area contributed by atoms with Crippen LogP contribution >= 0.6 is 11.5 Å². The van der Waals surface area contributed by atoms with Crippen LogP contribution in [-0.2, 0) is 18.3 Å². The van der Waals surface area contributed by atoms with E-state index in [0.717, 1.165) is 17.1 Å². The predicted octanol–water partition coefficient (Wildman–Crippen LogP) is 1.63. The fraction of sp³-hybridized carbons (Fsp3) is 0.286. The summed E-state index contributed by atoms with van der Waals surface area (Å²) in [6, 6.07) is 9.42. The van der Waals surface area contributed by atoms with Gasteiger partial charge in [-0.2, -0.15) is 9.64 Å². The van der Waals surface area contributed by atoms with Crippen molar-refractivity contribution in [3.05, 3.63) is 46.0 Å². The van der Waals surface area contributed by atoms with E-state index in [4.69, 9.17) is 10.00 Å². The molecule has 0 saturated heterocycles. The Morgan fingerprint density at radius 3 is 3.00 bits per heavy atom. The van der Waals surface area contributed by atoms with Crippen LogP contribution in [0, 0.1) is 11.3 Å². The summed E-state index contributed by atoms with van der Waals surface area (Å²) in [5.74, 6) is -0.232. The smallest absolute Gasteiger partial charge is 0.375 e. The summed E-state index contributed by atoms with van der Waals surface area (Å²) in [6.45, 7) is 2.41. The highest BCUT2D eigenvalue weighted by molar-refractivity contribution is 7.02. The van der Waals surface area contributed by atoms with Gasteiger partial charge in [0.05, 0.1) is 24.8 Å². The van der Waals surface area contributed by atoms with Crippen molar-refractivity contribution in [3.63, 3.8) is 0 Å². The lowest BCUT2D eigenvalue weighted by molar-refractivity contribution is 0.0508. The highest BCUT2D eigenvalue weighted by atomic mass is 32.1. The largest absolute Gasteiger partial charge is 0.460 e. The molecule has 1 aromatic carbocycles. The first-order chi connectivity index (χ1) is 10.2. The second-order valence-electron chi connectivity index (χ2n) is 4.15. The van der Waals surface area contributed by atoms with Crippen LogP contribution in [0.15, 0.2) is 29.3 Å². The Morgan fingerprint density at radius 2 is 2.29 bits per heavy atom. The summed E-state index contributed by atoms with van der Waals surface area (Å²) >= 11 is 1.13. The van der Waals surface area contributed by atoms with E-state index in [2.05, 4.69) is 15.4 Å². The third kappa shape index (κ3) is 3.35. The highest BCUT2D eigenvalue weighted by Crippen LogP contribution is 2.08. The molecule has 108 valence electrons. The van der Waals surface area contributed by atoms with Crippen LogP contribution in [0.2, 0.25) is 0 Å². The molecular formula is C14H14N4O2S. The molecule has 0 aliphatic rings. The van der Waals surface area contributed by atoms with Gasteiger partial charge in [0, 0.05) is 18.6 Å². The molecular weight excluding hydrogens is 288 g/mol. The molecule has 0 radical (unpaired) electrons. The van der Waals surface area contributed by atoms with E-state index >= 15 is 0 Å². The van der Waals surface area contributed by atoms with E-state index in [1.165, 1.54) is 0 Å². The number of nitriles is 1. The Bertz CT molecular complexity index is 755. The quantitative estimate of drug-likeness (QED) is 0.804. The van der Waals surface area contributed by atoms with E-state index in [1.54, 1.807) is 24.6 Å². The van der Waals surface area contributed by atoms with Gasteiger partial charge in [0.2, 0.25) is 10.6 Å². The van der Waals surface area contributed by atoms with Crippen LogP contribution in [0.4, 0.5) is 0 Å². The van der Waals surface area contributed by atoms with Crippen LogP contribution in [0.5, 0.6) is 0 Å². The van der Waals surface area contributed by atoms with Crippen molar-refractivity contribution >= 4 is 17.5 Å². The lowest BCUT2D eigenvalue weighted by Crippen LogP contribution is -2.18. The van der Waals surface area contributed by atoms with Gasteiger partial charge >= 0.3 is 5.97 Å². The normalized spacial score (nSPS) is 11.2. The highest BCUT2D eigenvalue weighted by Gasteiger charge is 2.14. The molecule has 2 aromatic rings. The Balaban J connectivity index is 2.27. The minimum atomic E-state index is -0.463. The van der Waals surface area contributed by atoms with Crippen LogP contribution in [-0.4, -0.2) is 21.5 Å². The maximum atomic E-state index is 11.7. The summed E-state index contributed by atoms with van der Waals surface area (Å²) in [6.07, 6.45) is 0. The molecule has 0 atom stereocenters. The van der Waals surface area contributed by atoms with Crippen LogP contribution in [0.25, 0.3) is 0 Å². The summed E-state index contributed by atoms with van der Waals surface area (Å²) in [5, 5.41) is 9.04. The van der Waals surface area contributed by atoms with Gasteiger partial charge in [0.1, 0.15) is 0 Å². The Labute approximate surface area is 126 Å². The van der Waals surface area contributed by atoms with Crippen LogP contribution < -0.4 is 4.80 Å². The van der Waals surface area contributed by atoms with Crippen molar-refractivity contribution in [3.8, 4) is 6.07 Å². The average molecular weight is 302 g/mol. The first kappa shape index (κ1) is 14.9. The van der Waals surface area contributed by atoms with Crippen molar-refractivity contribution in [1.29, 1.82) is 5.26 Å². The van der Waals surface area contributed by atoms with Crippen molar-refractivity contribution in [2.45, 2.75) is 13.5 Å². The number of esters is 1. The van der Waals surface area contributed by atoms with Gasteiger partial charge in [-0.25, -0.2) is 4.79 Å². The molecule has 6 nitrogen and oxygen atoms in total. The summed E-state index contributed by atoms with van der Waals surface area (Å²) in [5.41, 5.74) is 1.44. The monoisotopic (exact) mass is 302 g/mol. The standard InChI is InChI=1S/C14H14N4O2S/c1-3-20-13(19)12-17-21-14(18(12)2)16-9-11-7-5-4-6-10(11)8-15/h4-7H,3,9H2,1-2H3. The molecule has 0 spiro atoms. The van der Waals surface area contributed by atoms with E-state index in [-0.39, 0.29) is 5.82 Å². The van der Waals surface area contributed by atoms with Crippen LogP contribution in [0.3, 0.4) is 0 Å². The SMILES string of the molecule is CCOC(=O)c1nsc(=NCc2ccccc2C#N)n1C. The average Bonchev–Trinajstić information content (AvgIpc) is 2.86. The molecule has 0 aliphatic heterocycles. The number of ether oxygens (including phenoxy) is 1. The number of rotatable bonds is 4. The van der Waals surface area contributed by atoms with E-state index in [0.29, 0.717) is 23.5 Å². The van der Waals surface area contributed by atoms with E-state index in [1.807, 2.05) is 18.2 Å². The predicted molar refractivity (Wildman–Crippen MR) is 77.5 cm³/mol. The maximum Gasteiger partial charge on any atom is 0.375 e. The zero-order valence-electron chi connectivity index (χ0n) is 11.7. The molecule has 2 rings (SSSR count). The minimum absolute atomic E-state index is 0.231. The Hall–Kier alpha value is -2.46. The van der Waals surface area contributed by atoms with Crippen molar-refractivity contribution < 1.29 is 9.53 Å². The topological polar surface area (TPSA) is 80.3 Å². The zero-order chi connectivity index (χ0) is 15.2. The number of hydrogen-bond acceptors (Lipinski definition) is 6. The molecule has 0 amide bonds. The van der Waals surface area contributed by atoms with Gasteiger partial charge in [-0.1, -0.05) is 18.2 Å². The van der Waals surface area contributed by atoms with Gasteiger partial charge in [0.25, 0.3) is 0 Å². The number of benzene rings is 1. The number of nitrogens with zero attached hydrogens (tertiary/aromatic N) is 4. The van der Waals surface area contributed by atoms with Gasteiger partial charge in [-0.15, -0.1) is 0 Å². The third-order valence-electron chi connectivity index (χ3n) is 2.80. The molecule has 0 fully saturated rings. The summed E-state index contributed by atoms with van der Waals surface area (Å²) < 4.78 is 10.6. The number of hydrogen-bond donors (Lipinski definition) is 0. The molecule has 0 aliphatic carbocycles. The fourth-order valence-electron chi connectivity index (χ4n) is 1.72. The van der Waals surface area contributed by atoms with E-state index < -0.39 is 5.97 Å². The molecule has 1 heterocycles. The zero-order valence-corrected chi connectivity index (χ0v) is 12.6. The summed E-state index contributed by atoms with van der Waals surface area (Å²) in [4.78, 5) is 16.7. The van der Waals surface area contributed by atoms with Gasteiger partial charge < -0.3 is 4.74 Å². The molecule has 1 aromatic heterocycles. The third-order valence-corrected chi connectivity index (χ3v) is 3.63. The maximum absolute atomic E-state index is 11.7. The molecule has 7 heteroatoms. The first-order valence-electron chi connectivity index (χ1n) is 6.35. The van der Waals surface area contributed by atoms with Crippen molar-refractivity contribution in [1.82, 2.24) is 8.94 Å². The second kappa shape index (κ2) is 6.81. The van der Waals surface area contributed by atoms with Gasteiger partial charge in [-0.05, 0) is 18.6 Å². The fourth-order valence-corrected chi connectivity index (χ4v) is 2.42. The molecule has 0 unspecified atom stereocenters. The minimum Gasteiger partial charge on any atom is -0.460 e. The molecule has 0 N–H and O–H groups in total. The Kier molecular flexibility index (Phi) is 4.85. The molecule has 0 saturated carbocycles. The van der Waals surface area contributed by atoms with Gasteiger partial charge in [-0.3, -0.25) is 9.56 Å². The number of carbonyl (C=O) groups is 1. The number of carbonyl (C=O) groups excluding carboxylic acids is 1. The Morgan fingerprint density at radius 1 is 1.52 bits per heavy atom. The van der Waals surface area contributed by atoms with Crippen LogP contribution in [0.1, 0.15) is 28.7 Å². The van der Waals surface area contributed by atoms with Crippen molar-refractivity contribution in [2.75, 3.05) is 6.61 Å². The second-order valence-corrected chi connectivity index (χ2v) is 4.88. The lowest BCUT2D eigenvalue weighted by atomic mass is 10.1. The number of aromatic nitrogens is 2. The van der Waals surface area contributed by atoms with Crippen molar-refractivity contribution in [2.24, 2.45) is 12.0 Å². The van der Waals surface area contributed by atoms with E-state index in [9.17, 15) is 4.79 Å². The summed E-state index contributed by atoms with van der Waals surface area (Å²) in [7, 11) is 1.71.